The lowest BCUT2D eigenvalue weighted by atomic mass is 10.1. The first-order valence-electron chi connectivity index (χ1n) is 6.96. The minimum Gasteiger partial charge on any atom is -0.340 e. The van der Waals surface area contributed by atoms with Gasteiger partial charge in [0.05, 0.1) is 6.26 Å². The second kappa shape index (κ2) is 6.41. The lowest BCUT2D eigenvalue weighted by molar-refractivity contribution is -0.133. The topological polar surface area (TPSA) is 60.9 Å². The van der Waals surface area contributed by atoms with Gasteiger partial charge in [-0.15, -0.1) is 0 Å². The van der Waals surface area contributed by atoms with Gasteiger partial charge >= 0.3 is 0 Å². The molecule has 0 saturated carbocycles. The van der Waals surface area contributed by atoms with Crippen LogP contribution in [0.5, 0.6) is 0 Å². The molecule has 0 atom stereocenters. The highest BCUT2D eigenvalue weighted by atomic mass is 32.2. The van der Waals surface area contributed by atoms with Gasteiger partial charge in [-0.2, -0.15) is 4.31 Å². The number of piperazine rings is 1. The molecule has 1 amide bonds. The Morgan fingerprint density at radius 1 is 1.15 bits per heavy atom. The van der Waals surface area contributed by atoms with Crippen LogP contribution in [0.15, 0.2) is 0 Å². The van der Waals surface area contributed by atoms with E-state index < -0.39 is 15.6 Å². The number of nitrogens with zero attached hydrogens (tertiary/aromatic N) is 3. The number of likely N-dealkylation sites (N-methyl/N-ethyl adjacent to an activating group) is 1. The quantitative estimate of drug-likeness (QED) is 0.745. The molecule has 7 heteroatoms. The molecule has 118 valence electrons. The van der Waals surface area contributed by atoms with Crippen LogP contribution in [-0.2, 0) is 14.8 Å². The molecule has 1 heterocycles. The maximum absolute atomic E-state index is 12.1. The summed E-state index contributed by atoms with van der Waals surface area (Å²) < 4.78 is 25.0. The fraction of sp³-hybridized carbons (Fsp3) is 0.923. The van der Waals surface area contributed by atoms with Crippen molar-refractivity contribution < 1.29 is 13.2 Å². The monoisotopic (exact) mass is 305 g/mol. The number of rotatable bonds is 4. The van der Waals surface area contributed by atoms with E-state index in [0.717, 1.165) is 26.2 Å². The van der Waals surface area contributed by atoms with Gasteiger partial charge in [0, 0.05) is 44.7 Å². The van der Waals surface area contributed by atoms with Crippen LogP contribution in [0.4, 0.5) is 0 Å². The van der Waals surface area contributed by atoms with E-state index in [1.165, 1.54) is 10.6 Å². The van der Waals surface area contributed by atoms with Crippen molar-refractivity contribution in [3.63, 3.8) is 0 Å². The van der Waals surface area contributed by atoms with Crippen LogP contribution in [-0.4, -0.2) is 80.0 Å². The van der Waals surface area contributed by atoms with E-state index in [1.807, 2.05) is 32.7 Å². The molecule has 1 fully saturated rings. The van der Waals surface area contributed by atoms with E-state index in [2.05, 4.69) is 4.90 Å². The van der Waals surface area contributed by atoms with Gasteiger partial charge < -0.3 is 9.80 Å². The first kappa shape index (κ1) is 17.4. The molecule has 20 heavy (non-hydrogen) atoms. The summed E-state index contributed by atoms with van der Waals surface area (Å²) in [4.78, 5) is 16.2. The third-order valence-corrected chi connectivity index (χ3v) is 5.06. The Balaban J connectivity index is 2.58. The molecule has 1 aliphatic heterocycles. The van der Waals surface area contributed by atoms with Crippen molar-refractivity contribution in [3.05, 3.63) is 0 Å². The van der Waals surface area contributed by atoms with Crippen molar-refractivity contribution in [2.24, 2.45) is 0 Å². The van der Waals surface area contributed by atoms with E-state index in [1.54, 1.807) is 0 Å². The van der Waals surface area contributed by atoms with Crippen LogP contribution in [0.1, 0.15) is 27.2 Å². The third kappa shape index (κ3) is 5.03. The third-order valence-electron chi connectivity index (χ3n) is 3.53. The Morgan fingerprint density at radius 2 is 1.65 bits per heavy atom. The van der Waals surface area contributed by atoms with Gasteiger partial charge in [0.25, 0.3) is 0 Å². The largest absolute Gasteiger partial charge is 0.340 e. The summed E-state index contributed by atoms with van der Waals surface area (Å²) in [7, 11) is -1.27. The Labute approximate surface area is 122 Å². The maximum atomic E-state index is 12.1. The van der Waals surface area contributed by atoms with Gasteiger partial charge in [-0.3, -0.25) is 4.79 Å². The smallest absolute Gasteiger partial charge is 0.223 e. The van der Waals surface area contributed by atoms with Crippen LogP contribution >= 0.6 is 0 Å². The maximum Gasteiger partial charge on any atom is 0.223 e. The molecule has 0 N–H and O–H groups in total. The minimum absolute atomic E-state index is 0.0380. The van der Waals surface area contributed by atoms with E-state index >= 15 is 0 Å². The Morgan fingerprint density at radius 3 is 2.05 bits per heavy atom. The first-order valence-corrected chi connectivity index (χ1v) is 8.81. The number of amides is 1. The summed E-state index contributed by atoms with van der Waals surface area (Å²) in [6.45, 7) is 8.97. The highest BCUT2D eigenvalue weighted by Crippen LogP contribution is 2.18. The van der Waals surface area contributed by atoms with Gasteiger partial charge in [0.15, 0.2) is 0 Å². The summed E-state index contributed by atoms with van der Waals surface area (Å²) in [5.41, 5.74) is -0.504. The highest BCUT2D eigenvalue weighted by molar-refractivity contribution is 7.88. The lowest BCUT2D eigenvalue weighted by Gasteiger charge is -2.35. The SMILES string of the molecule is CN1CCN(C(=O)CCN(C(C)(C)C)S(C)(=O)=O)CC1. The summed E-state index contributed by atoms with van der Waals surface area (Å²) >= 11 is 0. The number of carbonyl (C=O) groups is 1. The second-order valence-electron chi connectivity index (χ2n) is 6.44. The van der Waals surface area contributed by atoms with Crippen LogP contribution in [0.3, 0.4) is 0 Å². The Kier molecular flexibility index (Phi) is 5.57. The minimum atomic E-state index is -3.30. The van der Waals surface area contributed by atoms with Gasteiger partial charge in [-0.05, 0) is 27.8 Å². The fourth-order valence-electron chi connectivity index (χ4n) is 2.41. The van der Waals surface area contributed by atoms with E-state index in [-0.39, 0.29) is 18.9 Å². The average molecular weight is 305 g/mol. The van der Waals surface area contributed by atoms with Crippen molar-refractivity contribution in [1.29, 1.82) is 0 Å². The van der Waals surface area contributed by atoms with Crippen LogP contribution < -0.4 is 0 Å². The molecule has 0 spiro atoms. The molecule has 1 aliphatic rings. The molecule has 0 aliphatic carbocycles. The fourth-order valence-corrected chi connectivity index (χ4v) is 3.83. The van der Waals surface area contributed by atoms with Gasteiger partial charge in [0.1, 0.15) is 0 Å². The molecule has 0 aromatic carbocycles. The number of hydrogen-bond acceptors (Lipinski definition) is 4. The Hall–Kier alpha value is -0.660. The molecular weight excluding hydrogens is 278 g/mol. The van der Waals surface area contributed by atoms with Crippen molar-refractivity contribution in [3.8, 4) is 0 Å². The van der Waals surface area contributed by atoms with Crippen molar-refractivity contribution in [2.75, 3.05) is 46.0 Å². The molecule has 0 unspecified atom stereocenters. The molecule has 0 radical (unpaired) electrons. The van der Waals surface area contributed by atoms with Gasteiger partial charge in [-0.25, -0.2) is 8.42 Å². The highest BCUT2D eigenvalue weighted by Gasteiger charge is 2.30. The molecule has 6 nitrogen and oxygen atoms in total. The van der Waals surface area contributed by atoms with Gasteiger partial charge in [0.2, 0.25) is 15.9 Å². The molecule has 1 rings (SSSR count). The predicted octanol–water partition coefficient (Wildman–Crippen LogP) is 0.211. The summed E-state index contributed by atoms with van der Waals surface area (Å²) in [5.74, 6) is 0.0380. The second-order valence-corrected chi connectivity index (χ2v) is 8.35. The van der Waals surface area contributed by atoms with Crippen molar-refractivity contribution >= 4 is 15.9 Å². The lowest BCUT2D eigenvalue weighted by Crippen LogP contribution is -2.49. The Bertz CT molecular complexity index is 434. The van der Waals surface area contributed by atoms with Crippen LogP contribution in [0.2, 0.25) is 0 Å². The first-order chi connectivity index (χ1) is 9.01. The van der Waals surface area contributed by atoms with Crippen LogP contribution in [0.25, 0.3) is 0 Å². The zero-order valence-electron chi connectivity index (χ0n) is 13.2. The van der Waals surface area contributed by atoms with E-state index in [9.17, 15) is 13.2 Å². The number of sulfonamides is 1. The normalized spacial score (nSPS) is 18.6. The average Bonchev–Trinajstić information content (AvgIpc) is 2.26. The molecule has 0 aromatic heterocycles. The molecule has 0 bridgehead atoms. The predicted molar refractivity (Wildman–Crippen MR) is 80.0 cm³/mol. The summed E-state index contributed by atoms with van der Waals surface area (Å²) in [6.07, 6.45) is 1.44. The van der Waals surface area contributed by atoms with Crippen LogP contribution in [0, 0.1) is 0 Å². The molecular formula is C13H27N3O3S. The van der Waals surface area contributed by atoms with E-state index in [0.29, 0.717) is 0 Å². The van der Waals surface area contributed by atoms with Crippen molar-refractivity contribution in [1.82, 2.24) is 14.1 Å². The zero-order valence-corrected chi connectivity index (χ0v) is 14.0. The number of hydrogen-bond donors (Lipinski definition) is 0. The van der Waals surface area contributed by atoms with E-state index in [4.69, 9.17) is 0 Å². The standard InChI is InChI=1S/C13H27N3O3S/c1-13(2,3)16(20(5,18)19)7-6-12(17)15-10-8-14(4)9-11-15/h6-11H2,1-5H3. The molecule has 0 aromatic rings. The van der Waals surface area contributed by atoms with Crippen molar-refractivity contribution in [2.45, 2.75) is 32.7 Å². The molecule has 1 saturated heterocycles. The summed E-state index contributed by atoms with van der Waals surface area (Å²) in [6, 6.07) is 0. The number of carbonyl (C=O) groups excluding carboxylic acids is 1. The van der Waals surface area contributed by atoms with Gasteiger partial charge in [-0.1, -0.05) is 0 Å². The summed E-state index contributed by atoms with van der Waals surface area (Å²) in [5, 5.41) is 0. The zero-order chi connectivity index (χ0) is 15.6.